The second-order valence-corrected chi connectivity index (χ2v) is 7.97. The Morgan fingerprint density at radius 3 is 2.73 bits per heavy atom. The van der Waals surface area contributed by atoms with Crippen LogP contribution in [-0.4, -0.2) is 49.6 Å². The summed E-state index contributed by atoms with van der Waals surface area (Å²) >= 11 is 0. The topological polar surface area (TPSA) is 67.6 Å². The molecule has 2 aliphatic heterocycles. The van der Waals surface area contributed by atoms with E-state index in [1.807, 2.05) is 4.90 Å². The zero-order valence-electron chi connectivity index (χ0n) is 16.8. The molecule has 4 rings (SSSR count). The molecule has 160 valence electrons. The monoisotopic (exact) mass is 415 g/mol. The first-order valence-corrected chi connectivity index (χ1v) is 10.5. The zero-order valence-corrected chi connectivity index (χ0v) is 16.8. The highest BCUT2D eigenvalue weighted by Crippen LogP contribution is 2.41. The first kappa shape index (κ1) is 20.8. The molecule has 1 amide bonds. The van der Waals surface area contributed by atoms with E-state index in [1.54, 1.807) is 24.3 Å². The van der Waals surface area contributed by atoms with Gasteiger partial charge in [0.1, 0.15) is 17.4 Å². The Hall–Kier alpha value is -2.51. The predicted octanol–water partition coefficient (Wildman–Crippen LogP) is 2.91. The number of rotatable bonds is 6. The molecule has 2 aromatic carbocycles. The van der Waals surface area contributed by atoms with E-state index in [9.17, 15) is 13.6 Å². The van der Waals surface area contributed by atoms with E-state index in [4.69, 9.17) is 10.5 Å². The number of benzene rings is 2. The van der Waals surface area contributed by atoms with E-state index in [0.29, 0.717) is 43.1 Å². The number of carbonyl (C=O) groups is 1. The van der Waals surface area contributed by atoms with E-state index in [0.717, 1.165) is 25.5 Å². The van der Waals surface area contributed by atoms with Gasteiger partial charge in [0.05, 0.1) is 6.61 Å². The fourth-order valence-electron chi connectivity index (χ4n) is 4.65. The third-order valence-corrected chi connectivity index (χ3v) is 6.14. The van der Waals surface area contributed by atoms with Crippen molar-refractivity contribution in [2.75, 3.05) is 32.8 Å². The second kappa shape index (κ2) is 9.10. The molecule has 0 bridgehead atoms. The van der Waals surface area contributed by atoms with Crippen molar-refractivity contribution < 1.29 is 18.3 Å². The predicted molar refractivity (Wildman–Crippen MR) is 111 cm³/mol. The Kier molecular flexibility index (Phi) is 6.29. The molecule has 0 saturated carbocycles. The first-order valence-electron chi connectivity index (χ1n) is 10.5. The van der Waals surface area contributed by atoms with Crippen molar-refractivity contribution in [3.05, 3.63) is 65.2 Å². The lowest BCUT2D eigenvalue weighted by Gasteiger charge is -2.33. The van der Waals surface area contributed by atoms with Gasteiger partial charge < -0.3 is 20.7 Å². The van der Waals surface area contributed by atoms with Crippen molar-refractivity contribution in [3.8, 4) is 5.75 Å². The maximum absolute atomic E-state index is 14.5. The van der Waals surface area contributed by atoms with Crippen molar-refractivity contribution in [2.24, 2.45) is 11.7 Å². The second-order valence-electron chi connectivity index (χ2n) is 7.97. The highest BCUT2D eigenvalue weighted by molar-refractivity contribution is 5.95. The molecule has 0 unspecified atom stereocenters. The van der Waals surface area contributed by atoms with Gasteiger partial charge in [0, 0.05) is 42.6 Å². The SMILES string of the molecule is NCCCOc1ccc(C(=O)N2C[C@H](c3ccc(F)cc3F)[C@H]3CNCC[C@H]32)cc1. The summed E-state index contributed by atoms with van der Waals surface area (Å²) in [6, 6.07) is 10.9. The summed E-state index contributed by atoms with van der Waals surface area (Å²) in [5.74, 6) is -0.558. The first-order chi connectivity index (χ1) is 14.6. The minimum Gasteiger partial charge on any atom is -0.494 e. The Bertz CT molecular complexity index is 891. The van der Waals surface area contributed by atoms with Crippen LogP contribution in [0.1, 0.15) is 34.7 Å². The van der Waals surface area contributed by atoms with Crippen LogP contribution in [0.15, 0.2) is 42.5 Å². The molecule has 30 heavy (non-hydrogen) atoms. The Morgan fingerprint density at radius 2 is 2.00 bits per heavy atom. The van der Waals surface area contributed by atoms with Gasteiger partial charge >= 0.3 is 0 Å². The van der Waals surface area contributed by atoms with Crippen LogP contribution in [0.4, 0.5) is 8.78 Å². The van der Waals surface area contributed by atoms with E-state index in [1.165, 1.54) is 12.1 Å². The summed E-state index contributed by atoms with van der Waals surface area (Å²) in [6.45, 7) is 3.06. The number of nitrogens with one attached hydrogen (secondary N) is 1. The van der Waals surface area contributed by atoms with Crippen LogP contribution in [0.3, 0.4) is 0 Å². The molecule has 2 aromatic rings. The average Bonchev–Trinajstić information content (AvgIpc) is 3.13. The van der Waals surface area contributed by atoms with Gasteiger partial charge in [-0.2, -0.15) is 0 Å². The van der Waals surface area contributed by atoms with Gasteiger partial charge in [-0.3, -0.25) is 4.79 Å². The third-order valence-electron chi connectivity index (χ3n) is 6.14. The van der Waals surface area contributed by atoms with Crippen LogP contribution in [0.2, 0.25) is 0 Å². The number of nitrogens with two attached hydrogens (primary N) is 1. The highest BCUT2D eigenvalue weighted by atomic mass is 19.1. The molecular formula is C23H27F2N3O2. The minimum absolute atomic E-state index is 0.0358. The molecule has 2 saturated heterocycles. The van der Waals surface area contributed by atoms with E-state index in [-0.39, 0.29) is 23.8 Å². The average molecular weight is 415 g/mol. The van der Waals surface area contributed by atoms with Gasteiger partial charge in [0.2, 0.25) is 0 Å². The number of likely N-dealkylation sites (tertiary alicyclic amines) is 1. The molecule has 3 atom stereocenters. The zero-order chi connectivity index (χ0) is 21.1. The number of piperidine rings is 1. The maximum Gasteiger partial charge on any atom is 0.254 e. The summed E-state index contributed by atoms with van der Waals surface area (Å²) < 4.78 is 33.5. The van der Waals surface area contributed by atoms with Gasteiger partial charge in [-0.25, -0.2) is 8.78 Å². The van der Waals surface area contributed by atoms with Gasteiger partial charge in [-0.1, -0.05) is 6.07 Å². The number of ether oxygens (including phenoxy) is 1. The molecule has 2 aliphatic rings. The van der Waals surface area contributed by atoms with Crippen LogP contribution >= 0.6 is 0 Å². The van der Waals surface area contributed by atoms with E-state index < -0.39 is 11.6 Å². The summed E-state index contributed by atoms with van der Waals surface area (Å²) in [6.07, 6.45) is 1.59. The van der Waals surface area contributed by atoms with Crippen LogP contribution in [0.5, 0.6) is 5.75 Å². The number of nitrogens with zero attached hydrogens (tertiary/aromatic N) is 1. The van der Waals surface area contributed by atoms with E-state index >= 15 is 0 Å². The van der Waals surface area contributed by atoms with Crippen molar-refractivity contribution in [3.63, 3.8) is 0 Å². The van der Waals surface area contributed by atoms with Crippen LogP contribution < -0.4 is 15.8 Å². The van der Waals surface area contributed by atoms with Crippen LogP contribution in [-0.2, 0) is 0 Å². The smallest absolute Gasteiger partial charge is 0.254 e. The molecule has 0 aliphatic carbocycles. The summed E-state index contributed by atoms with van der Waals surface area (Å²) in [4.78, 5) is 15.1. The Morgan fingerprint density at radius 1 is 1.20 bits per heavy atom. The van der Waals surface area contributed by atoms with Crippen LogP contribution in [0.25, 0.3) is 0 Å². The van der Waals surface area contributed by atoms with Crippen molar-refractivity contribution in [2.45, 2.75) is 24.8 Å². The Labute approximate surface area is 175 Å². The largest absolute Gasteiger partial charge is 0.494 e. The number of fused-ring (bicyclic) bond motifs is 1. The molecule has 7 heteroatoms. The van der Waals surface area contributed by atoms with Gasteiger partial charge in [-0.05, 0) is 61.8 Å². The highest BCUT2D eigenvalue weighted by Gasteiger charge is 2.46. The summed E-state index contributed by atoms with van der Waals surface area (Å²) in [7, 11) is 0. The normalized spacial score (nSPS) is 23.3. The molecule has 0 radical (unpaired) electrons. The van der Waals surface area contributed by atoms with Gasteiger partial charge in [0.25, 0.3) is 5.91 Å². The minimum atomic E-state index is -0.589. The molecule has 5 nitrogen and oxygen atoms in total. The molecule has 3 N–H and O–H groups in total. The summed E-state index contributed by atoms with van der Waals surface area (Å²) in [5, 5.41) is 3.36. The number of hydrogen-bond acceptors (Lipinski definition) is 4. The number of carbonyl (C=O) groups excluding carboxylic acids is 1. The van der Waals surface area contributed by atoms with Crippen LogP contribution in [0, 0.1) is 17.6 Å². The standard InChI is InChI=1S/C23H27F2N3O2/c24-16-4-7-18(21(25)12-16)20-14-28(22-8-10-27-13-19(20)22)23(29)15-2-5-17(6-3-15)30-11-1-9-26/h2-7,12,19-20,22,27H,1,8-11,13-14,26H2/t19-,20-,22-/m1/s1. The molecule has 2 fully saturated rings. The molecule has 0 spiro atoms. The molecule has 2 heterocycles. The third kappa shape index (κ3) is 4.18. The van der Waals surface area contributed by atoms with Gasteiger partial charge in [0.15, 0.2) is 0 Å². The lowest BCUT2D eigenvalue weighted by atomic mass is 9.82. The van der Waals surface area contributed by atoms with Gasteiger partial charge in [-0.15, -0.1) is 0 Å². The lowest BCUT2D eigenvalue weighted by Crippen LogP contribution is -2.46. The van der Waals surface area contributed by atoms with Crippen molar-refractivity contribution in [1.82, 2.24) is 10.2 Å². The van der Waals surface area contributed by atoms with Crippen molar-refractivity contribution >= 4 is 5.91 Å². The van der Waals surface area contributed by atoms with Crippen molar-refractivity contribution in [1.29, 1.82) is 0 Å². The lowest BCUT2D eigenvalue weighted by molar-refractivity contribution is 0.0697. The Balaban J connectivity index is 1.53. The maximum atomic E-state index is 14.5. The quantitative estimate of drug-likeness (QED) is 0.712. The fraction of sp³-hybridized carbons (Fsp3) is 0.435. The number of hydrogen-bond donors (Lipinski definition) is 2. The number of amides is 1. The summed E-state index contributed by atoms with van der Waals surface area (Å²) in [5.41, 5.74) is 6.54. The molecule has 0 aromatic heterocycles. The fourth-order valence-corrected chi connectivity index (χ4v) is 4.65. The number of halogens is 2. The molecular weight excluding hydrogens is 388 g/mol. The van der Waals surface area contributed by atoms with E-state index in [2.05, 4.69) is 5.32 Å².